The Balaban J connectivity index is 0.000000150. The summed E-state index contributed by atoms with van der Waals surface area (Å²) in [5.41, 5.74) is 11.9. The van der Waals surface area contributed by atoms with Crippen molar-refractivity contribution in [2.45, 2.75) is 93.5 Å². The first kappa shape index (κ1) is 41.0. The fraction of sp³-hybridized carbons (Fsp3) is 0.489. The molecule has 14 heteroatoms. The lowest BCUT2D eigenvalue weighted by Crippen LogP contribution is -2.46. The van der Waals surface area contributed by atoms with Crippen molar-refractivity contribution >= 4 is 39.3 Å². The molecule has 4 aliphatic carbocycles. The van der Waals surface area contributed by atoms with E-state index in [1.807, 2.05) is 18.6 Å². The minimum absolute atomic E-state index is 0.455. The van der Waals surface area contributed by atoms with Gasteiger partial charge in [-0.1, -0.05) is 45.9 Å². The van der Waals surface area contributed by atoms with E-state index in [1.54, 1.807) is 24.4 Å². The third-order valence-corrected chi connectivity index (χ3v) is 14.7. The lowest BCUT2D eigenvalue weighted by atomic mass is 9.89. The Morgan fingerprint density at radius 1 is 0.590 bits per heavy atom. The number of thioether (sulfide) groups is 1. The van der Waals surface area contributed by atoms with Crippen LogP contribution in [0, 0.1) is 0 Å². The number of fused-ring (bicyclic) bond motifs is 6. The zero-order valence-corrected chi connectivity index (χ0v) is 37.4. The highest BCUT2D eigenvalue weighted by atomic mass is 79.9. The Hall–Kier alpha value is -4.05. The molecule has 0 atom stereocenters. The normalized spacial score (nSPS) is 23.5. The topological polar surface area (TPSA) is 126 Å². The molecule has 3 aromatic heterocycles. The van der Waals surface area contributed by atoms with Gasteiger partial charge in [0, 0.05) is 96.7 Å². The maximum absolute atomic E-state index is 5.53. The molecular weight excluding hydrogens is 849 g/mol. The predicted octanol–water partition coefficient (Wildman–Crippen LogP) is 8.15. The van der Waals surface area contributed by atoms with E-state index >= 15 is 0 Å². The molecule has 0 spiro atoms. The van der Waals surface area contributed by atoms with Crippen LogP contribution in [0.1, 0.15) is 73.9 Å². The van der Waals surface area contributed by atoms with E-state index in [4.69, 9.17) is 14.5 Å². The van der Waals surface area contributed by atoms with Crippen molar-refractivity contribution in [1.29, 1.82) is 0 Å². The van der Waals surface area contributed by atoms with Gasteiger partial charge < -0.3 is 20.1 Å². The van der Waals surface area contributed by atoms with E-state index in [9.17, 15) is 0 Å². The first-order valence-corrected chi connectivity index (χ1v) is 24.2. The second kappa shape index (κ2) is 18.7. The van der Waals surface area contributed by atoms with E-state index in [2.05, 4.69) is 97.7 Å². The molecule has 6 aliphatic rings. The number of rotatable bonds is 8. The Kier molecular flexibility index (Phi) is 12.6. The quantitative estimate of drug-likeness (QED) is 0.113. The Labute approximate surface area is 371 Å². The van der Waals surface area contributed by atoms with Crippen molar-refractivity contribution in [2.24, 2.45) is 0 Å². The van der Waals surface area contributed by atoms with Crippen LogP contribution in [0.4, 0.5) is 11.6 Å². The van der Waals surface area contributed by atoms with Gasteiger partial charge in [-0.3, -0.25) is 9.80 Å². The van der Waals surface area contributed by atoms with E-state index in [0.29, 0.717) is 18.1 Å². The summed E-state index contributed by atoms with van der Waals surface area (Å²) < 4.78 is 12.1. The average molecular weight is 904 g/mol. The third-order valence-electron chi connectivity index (χ3n) is 13.6. The Bertz CT molecular complexity index is 2310. The molecule has 11 rings (SSSR count). The molecule has 2 saturated carbocycles. The highest BCUT2D eigenvalue weighted by Crippen LogP contribution is 2.43. The first-order chi connectivity index (χ1) is 30.1. The van der Waals surface area contributed by atoms with Crippen LogP contribution in [-0.2, 0) is 22.3 Å². The number of hydrogen-bond donors (Lipinski definition) is 2. The van der Waals surface area contributed by atoms with Crippen molar-refractivity contribution < 1.29 is 9.47 Å². The van der Waals surface area contributed by atoms with Gasteiger partial charge in [0.05, 0.1) is 37.8 Å². The van der Waals surface area contributed by atoms with E-state index in [1.165, 1.54) is 79.2 Å². The summed E-state index contributed by atoms with van der Waals surface area (Å²) in [5.74, 6) is 1.98. The molecule has 5 aromatic rings. The van der Waals surface area contributed by atoms with Crippen LogP contribution in [0.15, 0.2) is 71.1 Å². The van der Waals surface area contributed by atoms with Gasteiger partial charge in [0.1, 0.15) is 24.3 Å². The summed E-state index contributed by atoms with van der Waals surface area (Å²) in [6.07, 6.45) is 20.7. The third kappa shape index (κ3) is 9.08. The number of nitrogens with one attached hydrogen (secondary N) is 2. The van der Waals surface area contributed by atoms with Crippen LogP contribution in [0.2, 0.25) is 0 Å². The van der Waals surface area contributed by atoms with Crippen LogP contribution in [0.5, 0.6) is 0 Å². The van der Waals surface area contributed by atoms with Gasteiger partial charge in [-0.05, 0) is 104 Å². The molecule has 2 saturated heterocycles. The summed E-state index contributed by atoms with van der Waals surface area (Å²) in [6, 6.07) is 15.5. The highest BCUT2D eigenvalue weighted by Gasteiger charge is 2.31. The SMILES string of the molecule is Brc1ccc2c(c1)-c1c(ncnc1NC1CCC(N3CCOCC3)CC1)C2.CSc1ncc(-c2ccc3c(c2)-c2c(ncnc2NC2CCC(N4CCOCC4)CC2)C3)cn1. The molecule has 318 valence electrons. The molecule has 2 aliphatic heterocycles. The average Bonchev–Trinajstić information content (AvgIpc) is 3.89. The smallest absolute Gasteiger partial charge is 0.187 e. The van der Waals surface area contributed by atoms with Crippen LogP contribution >= 0.6 is 27.7 Å². The van der Waals surface area contributed by atoms with Gasteiger partial charge in [-0.2, -0.15) is 0 Å². The van der Waals surface area contributed by atoms with Crippen LogP contribution in [-0.4, -0.2) is 123 Å². The van der Waals surface area contributed by atoms with E-state index in [0.717, 1.165) is 121 Å². The van der Waals surface area contributed by atoms with E-state index < -0.39 is 0 Å². The van der Waals surface area contributed by atoms with Gasteiger partial charge in [0.25, 0.3) is 0 Å². The number of hydrogen-bond acceptors (Lipinski definition) is 13. The van der Waals surface area contributed by atoms with Gasteiger partial charge in [-0.15, -0.1) is 0 Å². The minimum Gasteiger partial charge on any atom is -0.379 e. The molecule has 61 heavy (non-hydrogen) atoms. The van der Waals surface area contributed by atoms with Gasteiger partial charge in [-0.25, -0.2) is 29.9 Å². The van der Waals surface area contributed by atoms with Gasteiger partial charge in [0.15, 0.2) is 5.16 Å². The molecule has 0 amide bonds. The Morgan fingerprint density at radius 3 is 1.59 bits per heavy atom. The number of morpholine rings is 2. The largest absolute Gasteiger partial charge is 0.379 e. The molecule has 0 bridgehead atoms. The molecule has 2 N–H and O–H groups in total. The molecule has 12 nitrogen and oxygen atoms in total. The van der Waals surface area contributed by atoms with Crippen molar-refractivity contribution in [3.05, 3.63) is 88.4 Å². The van der Waals surface area contributed by atoms with Crippen molar-refractivity contribution in [3.8, 4) is 33.4 Å². The standard InChI is InChI=1S/C26H30N6OS.C21H25BrN4O/c1-34-26-27-14-19(15-28-26)17-2-3-18-13-23-24(22(18)12-17)25(30-16-29-23)31-20-4-6-21(7-5-20)32-8-10-33-11-9-32;22-15-2-1-14-11-19-20(18(14)12-15)21(24-13-23-19)25-16-3-5-17(6-4-16)26-7-9-27-10-8-26/h2-3,12,14-16,20-21H,4-11,13H2,1H3,(H,29,30,31);1-2,12-13,16-17H,3-11H2,(H,23,24,25). The molecule has 0 radical (unpaired) electrons. The molecule has 4 fully saturated rings. The molecule has 0 unspecified atom stereocenters. The maximum Gasteiger partial charge on any atom is 0.187 e. The molecule has 5 heterocycles. The summed E-state index contributed by atoms with van der Waals surface area (Å²) in [4.78, 5) is 32.6. The fourth-order valence-corrected chi connectivity index (χ4v) is 11.0. The monoisotopic (exact) mass is 902 g/mol. The first-order valence-electron chi connectivity index (χ1n) is 22.2. The van der Waals surface area contributed by atoms with Gasteiger partial charge in [0.2, 0.25) is 0 Å². The summed E-state index contributed by atoms with van der Waals surface area (Å²) in [6.45, 7) is 7.86. The lowest BCUT2D eigenvalue weighted by Gasteiger charge is -2.39. The number of ether oxygens (including phenoxy) is 2. The lowest BCUT2D eigenvalue weighted by molar-refractivity contribution is 0.00788. The second-order valence-corrected chi connectivity index (χ2v) is 18.9. The summed E-state index contributed by atoms with van der Waals surface area (Å²) >= 11 is 5.16. The number of nitrogens with zero attached hydrogens (tertiary/aromatic N) is 8. The van der Waals surface area contributed by atoms with Crippen molar-refractivity contribution in [2.75, 3.05) is 69.5 Å². The number of anilines is 2. The predicted molar refractivity (Wildman–Crippen MR) is 245 cm³/mol. The summed E-state index contributed by atoms with van der Waals surface area (Å²) in [5, 5.41) is 8.34. The Morgan fingerprint density at radius 2 is 1.08 bits per heavy atom. The number of aromatic nitrogens is 6. The fourth-order valence-electron chi connectivity index (χ4n) is 10.3. The molecule has 2 aromatic carbocycles. The van der Waals surface area contributed by atoms with Crippen molar-refractivity contribution in [1.82, 2.24) is 39.7 Å². The van der Waals surface area contributed by atoms with Gasteiger partial charge >= 0.3 is 0 Å². The van der Waals surface area contributed by atoms with Crippen LogP contribution in [0.3, 0.4) is 0 Å². The highest BCUT2D eigenvalue weighted by molar-refractivity contribution is 9.10. The van der Waals surface area contributed by atoms with E-state index in [-0.39, 0.29) is 0 Å². The number of benzene rings is 2. The van der Waals surface area contributed by atoms with Crippen LogP contribution < -0.4 is 10.6 Å². The minimum atomic E-state index is 0.455. The zero-order chi connectivity index (χ0) is 41.1. The summed E-state index contributed by atoms with van der Waals surface area (Å²) in [7, 11) is 0. The van der Waals surface area contributed by atoms with Crippen LogP contribution in [0.25, 0.3) is 33.4 Å². The van der Waals surface area contributed by atoms with Crippen molar-refractivity contribution in [3.63, 3.8) is 0 Å². The number of halogens is 1. The zero-order valence-electron chi connectivity index (χ0n) is 35.0. The maximum atomic E-state index is 5.53. The second-order valence-electron chi connectivity index (χ2n) is 17.2. The molecular formula is C47H55BrN10O2S.